The number of carbonyl (C=O) groups excluding carboxylic acids is 1. The fourth-order valence-corrected chi connectivity index (χ4v) is 2.32. The molecule has 0 radical (unpaired) electrons. The number of hydrogen-bond acceptors (Lipinski definition) is 5. The smallest absolute Gasteiger partial charge is 0.168 e. The number of ketones is 1. The van der Waals surface area contributed by atoms with Gasteiger partial charge in [0.15, 0.2) is 5.78 Å². The van der Waals surface area contributed by atoms with Crippen LogP contribution >= 0.6 is 0 Å². The van der Waals surface area contributed by atoms with Gasteiger partial charge in [0.2, 0.25) is 0 Å². The predicted molar refractivity (Wildman–Crippen MR) is 88.7 cm³/mol. The second-order valence-electron chi connectivity index (χ2n) is 5.42. The van der Waals surface area contributed by atoms with Gasteiger partial charge in [0.1, 0.15) is 18.0 Å². The van der Waals surface area contributed by atoms with Gasteiger partial charge >= 0.3 is 0 Å². The second-order valence-corrected chi connectivity index (χ2v) is 5.42. The van der Waals surface area contributed by atoms with Crippen molar-refractivity contribution in [3.63, 3.8) is 0 Å². The number of carbonyl (C=O) groups is 1. The summed E-state index contributed by atoms with van der Waals surface area (Å²) in [7, 11) is 1.73. The van der Waals surface area contributed by atoms with E-state index < -0.39 is 11.6 Å². The molecule has 2 aromatic heterocycles. The first-order valence-corrected chi connectivity index (χ1v) is 7.46. The summed E-state index contributed by atoms with van der Waals surface area (Å²) in [6, 6.07) is 6.74. The molecule has 126 valence electrons. The number of nitrogens with zero attached hydrogens (tertiary/aromatic N) is 4. The zero-order valence-electron chi connectivity index (χ0n) is 13.4. The van der Waals surface area contributed by atoms with Gasteiger partial charge in [-0.2, -0.15) is 0 Å². The molecule has 25 heavy (non-hydrogen) atoms. The zero-order chi connectivity index (χ0) is 17.8. The molecule has 0 saturated heterocycles. The van der Waals surface area contributed by atoms with Crippen molar-refractivity contribution in [1.82, 2.24) is 15.0 Å². The molecule has 0 aliphatic heterocycles. The molecular formula is C18H14F2N4O. The normalized spacial score (nSPS) is 10.5. The Morgan fingerprint density at radius 1 is 1.00 bits per heavy atom. The van der Waals surface area contributed by atoms with Gasteiger partial charge in [-0.3, -0.25) is 9.78 Å². The van der Waals surface area contributed by atoms with Crippen LogP contribution in [0, 0.1) is 11.6 Å². The van der Waals surface area contributed by atoms with Crippen LogP contribution in [0.25, 0.3) is 0 Å². The molecule has 7 heteroatoms. The molecule has 3 rings (SSSR count). The Morgan fingerprint density at radius 2 is 1.76 bits per heavy atom. The van der Waals surface area contributed by atoms with Crippen molar-refractivity contribution in [3.8, 4) is 0 Å². The van der Waals surface area contributed by atoms with Crippen LogP contribution in [0.1, 0.15) is 16.1 Å². The minimum atomic E-state index is -0.531. The summed E-state index contributed by atoms with van der Waals surface area (Å²) >= 11 is 0. The summed E-state index contributed by atoms with van der Waals surface area (Å²) in [6.45, 7) is 0. The molecule has 0 fully saturated rings. The molecule has 0 atom stereocenters. The monoisotopic (exact) mass is 340 g/mol. The number of pyridine rings is 1. The Hall–Kier alpha value is -3.22. The lowest BCUT2D eigenvalue weighted by Crippen LogP contribution is -2.12. The molecule has 0 aliphatic carbocycles. The van der Waals surface area contributed by atoms with Crippen LogP contribution in [-0.4, -0.2) is 27.8 Å². The highest BCUT2D eigenvalue weighted by molar-refractivity contribution is 5.98. The van der Waals surface area contributed by atoms with Crippen LogP contribution in [-0.2, 0) is 6.42 Å². The van der Waals surface area contributed by atoms with Gasteiger partial charge in [0.05, 0.1) is 30.7 Å². The number of anilines is 2. The van der Waals surface area contributed by atoms with Gasteiger partial charge in [-0.05, 0) is 30.3 Å². The lowest BCUT2D eigenvalue weighted by molar-refractivity contribution is 0.0991. The molecule has 2 heterocycles. The largest absolute Gasteiger partial charge is 0.342 e. The van der Waals surface area contributed by atoms with E-state index in [-0.39, 0.29) is 17.8 Å². The second kappa shape index (κ2) is 7.12. The first-order valence-electron chi connectivity index (χ1n) is 7.46. The summed E-state index contributed by atoms with van der Waals surface area (Å²) in [4.78, 5) is 25.8. The number of benzene rings is 1. The molecule has 1 aromatic carbocycles. The predicted octanol–water partition coefficient (Wildman–Crippen LogP) is 3.34. The lowest BCUT2D eigenvalue weighted by Gasteiger charge is -2.19. The quantitative estimate of drug-likeness (QED) is 0.667. The van der Waals surface area contributed by atoms with Crippen LogP contribution in [0.15, 0.2) is 55.2 Å². The molecule has 0 amide bonds. The van der Waals surface area contributed by atoms with E-state index >= 15 is 0 Å². The van der Waals surface area contributed by atoms with E-state index in [0.717, 1.165) is 6.20 Å². The Morgan fingerprint density at radius 3 is 2.44 bits per heavy atom. The van der Waals surface area contributed by atoms with E-state index in [1.807, 2.05) is 0 Å². The summed E-state index contributed by atoms with van der Waals surface area (Å²) in [5.74, 6) is -1.31. The van der Waals surface area contributed by atoms with E-state index in [2.05, 4.69) is 15.0 Å². The van der Waals surface area contributed by atoms with Gasteiger partial charge in [0.25, 0.3) is 0 Å². The van der Waals surface area contributed by atoms with E-state index in [9.17, 15) is 13.6 Å². The van der Waals surface area contributed by atoms with E-state index in [0.29, 0.717) is 17.1 Å². The van der Waals surface area contributed by atoms with E-state index in [4.69, 9.17) is 0 Å². The fraction of sp³-hybridized carbons (Fsp3) is 0.111. The Bertz CT molecular complexity index is 885. The van der Waals surface area contributed by atoms with Crippen molar-refractivity contribution in [2.24, 2.45) is 0 Å². The molecule has 0 aliphatic rings. The maximum atomic E-state index is 14.0. The molecule has 0 bridgehead atoms. The van der Waals surface area contributed by atoms with Crippen molar-refractivity contribution in [1.29, 1.82) is 0 Å². The molecule has 0 spiro atoms. The van der Waals surface area contributed by atoms with Crippen molar-refractivity contribution < 1.29 is 13.6 Å². The molecule has 0 saturated carbocycles. The lowest BCUT2D eigenvalue weighted by atomic mass is 10.0. The maximum absolute atomic E-state index is 14.0. The van der Waals surface area contributed by atoms with Crippen molar-refractivity contribution >= 4 is 17.2 Å². The van der Waals surface area contributed by atoms with Crippen LogP contribution in [0.3, 0.4) is 0 Å². The van der Waals surface area contributed by atoms with E-state index in [1.165, 1.54) is 30.6 Å². The summed E-state index contributed by atoms with van der Waals surface area (Å²) in [6.07, 6.45) is 5.57. The average Bonchev–Trinajstić information content (AvgIpc) is 2.63. The number of halogens is 2. The summed E-state index contributed by atoms with van der Waals surface area (Å²) in [5.41, 5.74) is 1.78. The zero-order valence-corrected chi connectivity index (χ0v) is 13.4. The third kappa shape index (κ3) is 4.00. The maximum Gasteiger partial charge on any atom is 0.168 e. The first kappa shape index (κ1) is 16.6. The topological polar surface area (TPSA) is 59.0 Å². The molecule has 5 nitrogen and oxygen atoms in total. The first-order chi connectivity index (χ1) is 12.0. The number of Topliss-reactive ketones (excluding diaryl/α,β-unsaturated/α-hetero) is 1. The highest BCUT2D eigenvalue weighted by Gasteiger charge is 2.13. The Balaban J connectivity index is 1.86. The Kier molecular flexibility index (Phi) is 4.74. The SMILES string of the molecule is CN(c1cncnc1)c1cc(F)cc(C(=O)Cc2ccc(F)cn2)c1. The van der Waals surface area contributed by atoms with Gasteiger partial charge in [-0.15, -0.1) is 0 Å². The van der Waals surface area contributed by atoms with Crippen molar-refractivity contribution in [2.75, 3.05) is 11.9 Å². The minimum Gasteiger partial charge on any atom is -0.342 e. The highest BCUT2D eigenvalue weighted by atomic mass is 19.1. The minimum absolute atomic E-state index is 0.0403. The van der Waals surface area contributed by atoms with Crippen LogP contribution in [0.4, 0.5) is 20.2 Å². The third-order valence-corrected chi connectivity index (χ3v) is 3.66. The molecule has 3 aromatic rings. The van der Waals surface area contributed by atoms with Crippen LogP contribution in [0.2, 0.25) is 0 Å². The van der Waals surface area contributed by atoms with E-state index in [1.54, 1.807) is 30.4 Å². The van der Waals surface area contributed by atoms with Gasteiger partial charge < -0.3 is 4.90 Å². The number of rotatable bonds is 5. The fourth-order valence-electron chi connectivity index (χ4n) is 2.32. The molecular weight excluding hydrogens is 326 g/mol. The standard InChI is InChI=1S/C18H14F2N4O/c1-24(17-9-21-11-22-10-17)16-5-12(4-14(20)6-16)18(25)7-15-3-2-13(19)8-23-15/h2-6,8-11H,7H2,1H3. The van der Waals surface area contributed by atoms with Crippen molar-refractivity contribution in [2.45, 2.75) is 6.42 Å². The van der Waals surface area contributed by atoms with Crippen LogP contribution < -0.4 is 4.90 Å². The number of aromatic nitrogens is 3. The summed E-state index contributed by atoms with van der Waals surface area (Å²) in [5, 5.41) is 0. The number of hydrogen-bond donors (Lipinski definition) is 0. The van der Waals surface area contributed by atoms with Crippen LogP contribution in [0.5, 0.6) is 0 Å². The third-order valence-electron chi connectivity index (χ3n) is 3.66. The van der Waals surface area contributed by atoms with Gasteiger partial charge in [-0.25, -0.2) is 18.7 Å². The molecule has 0 N–H and O–H groups in total. The van der Waals surface area contributed by atoms with Gasteiger partial charge in [-0.1, -0.05) is 0 Å². The molecule has 0 unspecified atom stereocenters. The van der Waals surface area contributed by atoms with Gasteiger partial charge in [0, 0.05) is 24.0 Å². The van der Waals surface area contributed by atoms with Crippen molar-refractivity contribution in [3.05, 3.63) is 78.1 Å². The summed E-state index contributed by atoms with van der Waals surface area (Å²) < 4.78 is 26.9. The highest BCUT2D eigenvalue weighted by Crippen LogP contribution is 2.25. The Labute approximate surface area is 143 Å². The average molecular weight is 340 g/mol.